The molecular weight excluding hydrogens is 562 g/mol. The largest absolute Gasteiger partial charge is 0.508 e. The lowest BCUT2D eigenvalue weighted by Crippen LogP contribution is -2.30. The second-order valence-electron chi connectivity index (χ2n) is 9.83. The Bertz CT molecular complexity index is 1670. The summed E-state index contributed by atoms with van der Waals surface area (Å²) in [6.45, 7) is 5.83. The number of phenols is 1. The highest BCUT2D eigenvalue weighted by molar-refractivity contribution is 8.00. The molecule has 1 atom stereocenters. The summed E-state index contributed by atoms with van der Waals surface area (Å²) in [5.74, 6) is -0.848. The van der Waals surface area contributed by atoms with Crippen LogP contribution in [0.1, 0.15) is 34.0 Å². The van der Waals surface area contributed by atoms with Gasteiger partial charge in [-0.15, -0.1) is 11.8 Å². The van der Waals surface area contributed by atoms with Crippen molar-refractivity contribution in [3.63, 3.8) is 0 Å². The van der Waals surface area contributed by atoms with E-state index in [2.05, 4.69) is 16.0 Å². The summed E-state index contributed by atoms with van der Waals surface area (Å²) in [6.07, 6.45) is 1.48. The Morgan fingerprint density at radius 3 is 2.30 bits per heavy atom. The highest BCUT2D eigenvalue weighted by Crippen LogP contribution is 2.28. The molecule has 0 heterocycles. The highest BCUT2D eigenvalue weighted by atomic mass is 32.2. The van der Waals surface area contributed by atoms with Crippen LogP contribution in [0.15, 0.2) is 102 Å². The van der Waals surface area contributed by atoms with Gasteiger partial charge in [0, 0.05) is 33.5 Å². The van der Waals surface area contributed by atoms with E-state index in [1.807, 2.05) is 45.0 Å². The summed E-state index contributed by atoms with van der Waals surface area (Å²) in [5.41, 5.74) is 4.30. The van der Waals surface area contributed by atoms with Gasteiger partial charge in [-0.1, -0.05) is 30.3 Å². The first-order chi connectivity index (χ1) is 20.6. The van der Waals surface area contributed by atoms with Gasteiger partial charge in [0.1, 0.15) is 17.2 Å². The summed E-state index contributed by atoms with van der Waals surface area (Å²) in [4.78, 5) is 40.1. The van der Waals surface area contributed by atoms with Gasteiger partial charge in [0.2, 0.25) is 5.91 Å². The van der Waals surface area contributed by atoms with Crippen molar-refractivity contribution in [2.75, 3.05) is 17.7 Å². The van der Waals surface area contributed by atoms with Crippen LogP contribution in [-0.2, 0) is 9.59 Å². The van der Waals surface area contributed by atoms with E-state index < -0.39 is 17.1 Å². The van der Waals surface area contributed by atoms with Crippen molar-refractivity contribution < 1.29 is 24.2 Å². The Morgan fingerprint density at radius 1 is 0.837 bits per heavy atom. The Balaban J connectivity index is 1.51. The summed E-state index contributed by atoms with van der Waals surface area (Å²) >= 11 is 1.36. The fourth-order valence-electron chi connectivity index (χ4n) is 4.08. The molecule has 3 amide bonds. The molecule has 43 heavy (non-hydrogen) atoms. The van der Waals surface area contributed by atoms with E-state index in [-0.39, 0.29) is 17.4 Å². The lowest BCUT2D eigenvalue weighted by Gasteiger charge is -2.15. The molecule has 0 aliphatic heterocycles. The molecule has 0 spiro atoms. The van der Waals surface area contributed by atoms with Crippen LogP contribution < -0.4 is 20.7 Å². The Kier molecular flexibility index (Phi) is 10.2. The minimum absolute atomic E-state index is 0.000438. The maximum absolute atomic E-state index is 13.5. The highest BCUT2D eigenvalue weighted by Gasteiger charge is 2.18. The van der Waals surface area contributed by atoms with E-state index in [0.29, 0.717) is 22.6 Å². The van der Waals surface area contributed by atoms with Crippen molar-refractivity contribution in [2.24, 2.45) is 0 Å². The number of hydrogen-bond donors (Lipinski definition) is 4. The monoisotopic (exact) mass is 595 g/mol. The smallest absolute Gasteiger partial charge is 0.272 e. The maximum atomic E-state index is 13.5. The molecule has 0 saturated carbocycles. The molecule has 9 heteroatoms. The fourth-order valence-corrected chi connectivity index (χ4v) is 5.01. The number of aryl methyl sites for hydroxylation is 2. The number of ether oxygens (including phenoxy) is 1. The number of phenolic OH excluding ortho intramolecular Hbond substituents is 1. The summed E-state index contributed by atoms with van der Waals surface area (Å²) in [7, 11) is 1.45. The molecule has 0 aliphatic rings. The lowest BCUT2D eigenvalue weighted by atomic mass is 10.1. The van der Waals surface area contributed by atoms with Crippen molar-refractivity contribution >= 4 is 46.9 Å². The first-order valence-corrected chi connectivity index (χ1v) is 14.4. The van der Waals surface area contributed by atoms with Crippen LogP contribution in [0.5, 0.6) is 11.5 Å². The third-order valence-corrected chi connectivity index (χ3v) is 7.69. The van der Waals surface area contributed by atoms with E-state index in [0.717, 1.165) is 21.7 Å². The van der Waals surface area contributed by atoms with Crippen molar-refractivity contribution in [2.45, 2.75) is 30.9 Å². The third kappa shape index (κ3) is 8.50. The summed E-state index contributed by atoms with van der Waals surface area (Å²) in [6, 6.07) is 25.9. The zero-order chi connectivity index (χ0) is 30.9. The van der Waals surface area contributed by atoms with Crippen LogP contribution in [-0.4, -0.2) is 35.2 Å². The van der Waals surface area contributed by atoms with E-state index in [1.165, 1.54) is 37.1 Å². The number of nitrogens with one attached hydrogen (secondary N) is 3. The van der Waals surface area contributed by atoms with Crippen molar-refractivity contribution in [3.8, 4) is 11.5 Å². The van der Waals surface area contributed by atoms with Crippen molar-refractivity contribution in [3.05, 3.63) is 119 Å². The first kappa shape index (κ1) is 30.9. The van der Waals surface area contributed by atoms with Crippen molar-refractivity contribution in [1.29, 1.82) is 0 Å². The van der Waals surface area contributed by atoms with Crippen LogP contribution in [0.3, 0.4) is 0 Å². The van der Waals surface area contributed by atoms with Gasteiger partial charge in [-0.05, 0) is 92.6 Å². The second kappa shape index (κ2) is 14.2. The standard InChI is InChI=1S/C34H33N3O5S/c1-21-13-15-27(17-22(21)2)35-32(39)23(3)43-29-12-8-11-26(19-29)36-34(41)30(37-33(40)24-9-6-5-7-10-24)18-25-14-16-28(38)20-31(25)42-4/h5-20,23,38H,1-4H3,(H,35,39)(H,36,41)(H,37,40)/b30-18+. The maximum Gasteiger partial charge on any atom is 0.272 e. The molecule has 220 valence electrons. The van der Waals surface area contributed by atoms with E-state index in [9.17, 15) is 19.5 Å². The van der Waals surface area contributed by atoms with E-state index in [4.69, 9.17) is 4.74 Å². The minimum atomic E-state index is -0.568. The molecule has 4 aromatic rings. The topological polar surface area (TPSA) is 117 Å². The zero-order valence-electron chi connectivity index (χ0n) is 24.3. The van der Waals surface area contributed by atoms with Gasteiger partial charge in [0.25, 0.3) is 11.8 Å². The molecule has 0 fully saturated rings. The molecular formula is C34H33N3O5S. The SMILES string of the molecule is COc1cc(O)ccc1/C=C(/NC(=O)c1ccccc1)C(=O)Nc1cccc(SC(C)C(=O)Nc2ccc(C)c(C)c2)c1. The number of thioether (sulfide) groups is 1. The van der Waals surface area contributed by atoms with Gasteiger partial charge < -0.3 is 25.8 Å². The molecule has 0 radical (unpaired) electrons. The van der Waals surface area contributed by atoms with Crippen LogP contribution in [0.4, 0.5) is 11.4 Å². The summed E-state index contributed by atoms with van der Waals surface area (Å²) < 4.78 is 5.35. The van der Waals surface area contributed by atoms with Gasteiger partial charge in [-0.2, -0.15) is 0 Å². The van der Waals surface area contributed by atoms with Crippen LogP contribution in [0, 0.1) is 13.8 Å². The number of rotatable bonds is 10. The number of anilines is 2. The second-order valence-corrected chi connectivity index (χ2v) is 11.2. The average Bonchev–Trinajstić information content (AvgIpc) is 2.99. The lowest BCUT2D eigenvalue weighted by molar-refractivity contribution is -0.115. The third-order valence-electron chi connectivity index (χ3n) is 6.59. The molecule has 4 N–H and O–H groups in total. The predicted molar refractivity (Wildman–Crippen MR) is 171 cm³/mol. The zero-order valence-corrected chi connectivity index (χ0v) is 25.1. The molecule has 0 bridgehead atoms. The Hall–Kier alpha value is -5.02. The van der Waals surface area contributed by atoms with Gasteiger partial charge in [-0.25, -0.2) is 0 Å². The quantitative estimate of drug-likeness (QED) is 0.122. The number of aromatic hydroxyl groups is 1. The number of amides is 3. The minimum Gasteiger partial charge on any atom is -0.508 e. The molecule has 4 aromatic carbocycles. The molecule has 0 aliphatic carbocycles. The fraction of sp³-hybridized carbons (Fsp3) is 0.147. The Labute approximate surface area is 255 Å². The molecule has 0 saturated heterocycles. The number of benzene rings is 4. The molecule has 1 unspecified atom stereocenters. The van der Waals surface area contributed by atoms with E-state index in [1.54, 1.807) is 54.6 Å². The van der Waals surface area contributed by atoms with Gasteiger partial charge in [0.05, 0.1) is 12.4 Å². The van der Waals surface area contributed by atoms with Crippen LogP contribution in [0.25, 0.3) is 6.08 Å². The number of methoxy groups -OCH3 is 1. The number of hydrogen-bond acceptors (Lipinski definition) is 6. The molecule has 0 aromatic heterocycles. The average molecular weight is 596 g/mol. The van der Waals surface area contributed by atoms with Gasteiger partial charge in [0.15, 0.2) is 0 Å². The molecule has 4 rings (SSSR count). The first-order valence-electron chi connectivity index (χ1n) is 13.5. The van der Waals surface area contributed by atoms with Crippen LogP contribution >= 0.6 is 11.8 Å². The van der Waals surface area contributed by atoms with Crippen molar-refractivity contribution in [1.82, 2.24) is 5.32 Å². The predicted octanol–water partition coefficient (Wildman–Crippen LogP) is 6.55. The number of carbonyl (C=O) groups is 3. The van der Waals surface area contributed by atoms with E-state index >= 15 is 0 Å². The number of carbonyl (C=O) groups excluding carboxylic acids is 3. The van der Waals surface area contributed by atoms with Crippen LogP contribution in [0.2, 0.25) is 0 Å². The van der Waals surface area contributed by atoms with Gasteiger partial charge >= 0.3 is 0 Å². The summed E-state index contributed by atoms with van der Waals surface area (Å²) in [5, 5.41) is 17.9. The van der Waals surface area contributed by atoms with Gasteiger partial charge in [-0.3, -0.25) is 14.4 Å². The Morgan fingerprint density at radius 2 is 1.58 bits per heavy atom. The molecule has 8 nitrogen and oxygen atoms in total. The normalized spacial score (nSPS) is 11.8.